The first-order valence-corrected chi connectivity index (χ1v) is 13.0. The average Bonchev–Trinajstić information content (AvgIpc) is 3.19. The minimum Gasteiger partial charge on any atom is -0.512 e. The maximum absolute atomic E-state index is 10.6. The standard InChI is InChI=1S/C31H32N2OS/c1-18(2)13-26(34)19(3)20-11-12-24-27(16-20)35-30-28(24)29(32-17-33-30)22-14-21-9-7-8-10-23(21)25(15-22)31(4,5)6/h7-12,14-18,34H,13H2,1-6H3/b26-19-. The van der Waals surface area contributed by atoms with Gasteiger partial charge in [0.15, 0.2) is 0 Å². The molecular weight excluding hydrogens is 448 g/mol. The van der Waals surface area contributed by atoms with Crippen molar-refractivity contribution in [3.05, 3.63) is 77.8 Å². The molecular formula is C31H32N2OS. The monoisotopic (exact) mass is 480 g/mol. The average molecular weight is 481 g/mol. The molecule has 0 saturated carbocycles. The van der Waals surface area contributed by atoms with E-state index in [0.717, 1.165) is 42.7 Å². The van der Waals surface area contributed by atoms with E-state index in [1.54, 1.807) is 17.7 Å². The van der Waals surface area contributed by atoms with E-state index < -0.39 is 0 Å². The van der Waals surface area contributed by atoms with Crippen LogP contribution in [-0.2, 0) is 5.41 Å². The molecule has 0 saturated heterocycles. The van der Waals surface area contributed by atoms with E-state index in [9.17, 15) is 5.11 Å². The summed E-state index contributed by atoms with van der Waals surface area (Å²) >= 11 is 1.69. The summed E-state index contributed by atoms with van der Waals surface area (Å²) in [5.74, 6) is 0.877. The highest BCUT2D eigenvalue weighted by Gasteiger charge is 2.21. The molecule has 1 N–H and O–H groups in total. The Bertz CT molecular complexity index is 1600. The number of hydrogen-bond acceptors (Lipinski definition) is 4. The van der Waals surface area contributed by atoms with Crippen molar-refractivity contribution >= 4 is 48.0 Å². The number of aromatic nitrogens is 2. The van der Waals surface area contributed by atoms with Gasteiger partial charge in [-0.2, -0.15) is 0 Å². The third-order valence-electron chi connectivity index (χ3n) is 6.68. The molecule has 0 amide bonds. The predicted molar refractivity (Wildman–Crippen MR) is 151 cm³/mol. The molecule has 5 rings (SSSR count). The summed E-state index contributed by atoms with van der Waals surface area (Å²) in [4.78, 5) is 10.4. The van der Waals surface area contributed by atoms with Gasteiger partial charge in [-0.1, -0.05) is 71.0 Å². The van der Waals surface area contributed by atoms with E-state index in [1.165, 1.54) is 16.3 Å². The second kappa shape index (κ2) is 8.76. The lowest BCUT2D eigenvalue weighted by Gasteiger charge is -2.22. The third-order valence-corrected chi connectivity index (χ3v) is 7.74. The van der Waals surface area contributed by atoms with Crippen molar-refractivity contribution in [2.75, 3.05) is 0 Å². The molecule has 4 heteroatoms. The topological polar surface area (TPSA) is 46.0 Å². The Morgan fingerprint density at radius 2 is 1.74 bits per heavy atom. The minimum absolute atomic E-state index is 0.00915. The number of allylic oxidation sites excluding steroid dienone is 2. The second-order valence-corrected chi connectivity index (χ2v) is 11.9. The van der Waals surface area contributed by atoms with Crippen LogP contribution in [0, 0.1) is 5.92 Å². The van der Waals surface area contributed by atoms with Crippen molar-refractivity contribution in [1.82, 2.24) is 9.97 Å². The summed E-state index contributed by atoms with van der Waals surface area (Å²) in [6.07, 6.45) is 2.36. The van der Waals surface area contributed by atoms with Gasteiger partial charge >= 0.3 is 0 Å². The summed E-state index contributed by atoms with van der Waals surface area (Å²) in [6, 6.07) is 19.6. The first-order valence-electron chi connectivity index (χ1n) is 12.2. The Balaban J connectivity index is 1.73. The molecule has 2 heterocycles. The highest BCUT2D eigenvalue weighted by molar-refractivity contribution is 7.25. The molecule has 0 atom stereocenters. The zero-order valence-corrected chi connectivity index (χ0v) is 22.1. The van der Waals surface area contributed by atoms with Crippen LogP contribution in [0.15, 0.2) is 66.7 Å². The zero-order valence-electron chi connectivity index (χ0n) is 21.3. The van der Waals surface area contributed by atoms with Gasteiger partial charge in [0.1, 0.15) is 11.2 Å². The van der Waals surface area contributed by atoms with E-state index in [4.69, 9.17) is 4.98 Å². The summed E-state index contributed by atoms with van der Waals surface area (Å²) in [7, 11) is 0. The first kappa shape index (κ1) is 23.5. The van der Waals surface area contributed by atoms with E-state index in [2.05, 4.69) is 94.2 Å². The Morgan fingerprint density at radius 3 is 2.49 bits per heavy atom. The molecule has 0 radical (unpaired) electrons. The molecule has 0 fully saturated rings. The summed E-state index contributed by atoms with van der Waals surface area (Å²) in [5, 5.41) is 15.4. The number of aliphatic hydroxyl groups excluding tert-OH is 1. The van der Waals surface area contributed by atoms with Crippen LogP contribution in [0.2, 0.25) is 0 Å². The van der Waals surface area contributed by atoms with Gasteiger partial charge < -0.3 is 5.11 Å². The maximum Gasteiger partial charge on any atom is 0.128 e. The molecule has 35 heavy (non-hydrogen) atoms. The minimum atomic E-state index is 0.00915. The number of fused-ring (bicyclic) bond motifs is 4. The first-order chi connectivity index (χ1) is 16.6. The van der Waals surface area contributed by atoms with Crippen molar-refractivity contribution in [3.8, 4) is 11.3 Å². The molecule has 3 aromatic carbocycles. The Kier molecular flexibility index (Phi) is 5.88. The van der Waals surface area contributed by atoms with Crippen LogP contribution in [0.3, 0.4) is 0 Å². The van der Waals surface area contributed by atoms with Gasteiger partial charge in [-0.25, -0.2) is 9.97 Å². The fraction of sp³-hybridized carbons (Fsp3) is 0.290. The van der Waals surface area contributed by atoms with Gasteiger partial charge in [0.05, 0.1) is 11.5 Å². The second-order valence-electron chi connectivity index (χ2n) is 10.9. The molecule has 178 valence electrons. The third kappa shape index (κ3) is 4.32. The zero-order chi connectivity index (χ0) is 24.9. The Morgan fingerprint density at radius 1 is 0.971 bits per heavy atom. The van der Waals surface area contributed by atoms with Crippen LogP contribution in [0.25, 0.3) is 47.9 Å². The quantitative estimate of drug-likeness (QED) is 0.261. The van der Waals surface area contributed by atoms with Gasteiger partial charge in [-0.3, -0.25) is 0 Å². The largest absolute Gasteiger partial charge is 0.512 e. The molecule has 3 nitrogen and oxygen atoms in total. The number of rotatable bonds is 4. The van der Waals surface area contributed by atoms with Crippen molar-refractivity contribution in [2.45, 2.75) is 53.4 Å². The Labute approximate surface area is 211 Å². The van der Waals surface area contributed by atoms with Gasteiger partial charge in [-0.15, -0.1) is 11.3 Å². The number of thiophene rings is 1. The summed E-state index contributed by atoms with van der Waals surface area (Å²) in [5.41, 5.74) is 5.41. The summed E-state index contributed by atoms with van der Waals surface area (Å²) in [6.45, 7) is 13.0. The van der Waals surface area contributed by atoms with Crippen LogP contribution in [0.5, 0.6) is 0 Å². The highest BCUT2D eigenvalue weighted by Crippen LogP contribution is 2.41. The number of nitrogens with zero attached hydrogens (tertiary/aromatic N) is 2. The Hall–Kier alpha value is -3.24. The van der Waals surface area contributed by atoms with Gasteiger partial charge in [0, 0.05) is 27.5 Å². The molecule has 0 aliphatic heterocycles. The van der Waals surface area contributed by atoms with Gasteiger partial charge in [0.2, 0.25) is 0 Å². The number of benzene rings is 3. The van der Waals surface area contributed by atoms with Gasteiger partial charge in [-0.05, 0) is 63.9 Å². The molecule has 0 spiro atoms. The molecule has 5 aromatic rings. The van der Waals surface area contributed by atoms with Crippen molar-refractivity contribution in [3.63, 3.8) is 0 Å². The van der Waals surface area contributed by atoms with Crippen LogP contribution < -0.4 is 0 Å². The molecule has 0 unspecified atom stereocenters. The normalized spacial score (nSPS) is 13.2. The molecule has 0 bridgehead atoms. The van der Waals surface area contributed by atoms with Crippen LogP contribution in [-0.4, -0.2) is 15.1 Å². The van der Waals surface area contributed by atoms with Crippen molar-refractivity contribution < 1.29 is 5.11 Å². The number of aliphatic hydroxyl groups is 1. The van der Waals surface area contributed by atoms with E-state index in [-0.39, 0.29) is 5.41 Å². The molecule has 2 aromatic heterocycles. The molecule has 0 aliphatic rings. The molecule has 0 aliphatic carbocycles. The lowest BCUT2D eigenvalue weighted by molar-refractivity contribution is 0.367. The van der Waals surface area contributed by atoms with Crippen LogP contribution in [0.1, 0.15) is 59.1 Å². The summed E-state index contributed by atoms with van der Waals surface area (Å²) < 4.78 is 1.16. The van der Waals surface area contributed by atoms with Crippen LogP contribution >= 0.6 is 11.3 Å². The predicted octanol–water partition coefficient (Wildman–Crippen LogP) is 9.30. The number of hydrogen-bond donors (Lipinski definition) is 1. The SMILES string of the molecule is C/C(=C(/O)CC(C)C)c1ccc2c(c1)sc1ncnc(-c3cc(C(C)(C)C)c4ccccc4c3)c12. The van der Waals surface area contributed by atoms with E-state index in [0.29, 0.717) is 18.1 Å². The lowest BCUT2D eigenvalue weighted by atomic mass is 9.82. The van der Waals surface area contributed by atoms with E-state index >= 15 is 0 Å². The van der Waals surface area contributed by atoms with E-state index in [1.807, 2.05) is 6.92 Å². The highest BCUT2D eigenvalue weighted by atomic mass is 32.1. The fourth-order valence-electron chi connectivity index (χ4n) is 4.83. The maximum atomic E-state index is 10.6. The van der Waals surface area contributed by atoms with Crippen molar-refractivity contribution in [2.24, 2.45) is 5.92 Å². The smallest absolute Gasteiger partial charge is 0.128 e. The lowest BCUT2D eigenvalue weighted by Crippen LogP contribution is -2.12. The van der Waals surface area contributed by atoms with Crippen LogP contribution in [0.4, 0.5) is 0 Å². The van der Waals surface area contributed by atoms with Gasteiger partial charge in [0.25, 0.3) is 0 Å². The van der Waals surface area contributed by atoms with Crippen molar-refractivity contribution in [1.29, 1.82) is 0 Å². The fourth-order valence-corrected chi connectivity index (χ4v) is 5.92.